The summed E-state index contributed by atoms with van der Waals surface area (Å²) in [7, 11) is 0. The lowest BCUT2D eigenvalue weighted by Crippen LogP contribution is -2.13. The zero-order chi connectivity index (χ0) is 13.6. The number of rotatable bonds is 1. The van der Waals surface area contributed by atoms with E-state index in [0.717, 1.165) is 10.6 Å². The summed E-state index contributed by atoms with van der Waals surface area (Å²) in [6.45, 7) is 0. The van der Waals surface area contributed by atoms with Crippen LogP contribution in [0.2, 0.25) is 0 Å². The van der Waals surface area contributed by atoms with Gasteiger partial charge in [0.05, 0.1) is 10.6 Å². The predicted molar refractivity (Wildman–Crippen MR) is 66.5 cm³/mol. The Morgan fingerprint density at radius 3 is 2.74 bits per heavy atom. The van der Waals surface area contributed by atoms with Gasteiger partial charge in [-0.2, -0.15) is 18.2 Å². The Morgan fingerprint density at radius 1 is 1.32 bits per heavy atom. The van der Waals surface area contributed by atoms with Gasteiger partial charge in [0.15, 0.2) is 0 Å². The first-order valence-electron chi connectivity index (χ1n) is 5.06. The minimum absolute atomic E-state index is 0.0404. The second-order valence-corrected chi connectivity index (χ2v) is 5.00. The third-order valence-electron chi connectivity index (χ3n) is 2.41. The van der Waals surface area contributed by atoms with Crippen molar-refractivity contribution in [3.8, 4) is 10.6 Å². The van der Waals surface area contributed by atoms with E-state index in [9.17, 15) is 13.2 Å². The molecule has 19 heavy (non-hydrogen) atoms. The summed E-state index contributed by atoms with van der Waals surface area (Å²) in [4.78, 5) is 8.49. The highest BCUT2D eigenvalue weighted by molar-refractivity contribution is 7.71. The Labute approximate surface area is 113 Å². The van der Waals surface area contributed by atoms with Gasteiger partial charge < -0.3 is 0 Å². The summed E-state index contributed by atoms with van der Waals surface area (Å²) in [5.74, 6) is -0.0942. The molecule has 0 atom stereocenters. The van der Waals surface area contributed by atoms with Crippen molar-refractivity contribution < 1.29 is 13.2 Å². The topological polar surface area (TPSA) is 46.0 Å². The molecule has 0 spiro atoms. The smallest absolute Gasteiger partial charge is 0.265 e. The molecule has 0 aliphatic heterocycles. The van der Waals surface area contributed by atoms with Crippen LogP contribution >= 0.6 is 23.6 Å². The zero-order valence-electron chi connectivity index (χ0n) is 9.10. The minimum Gasteiger partial charge on any atom is -0.265 e. The van der Waals surface area contributed by atoms with E-state index in [1.807, 2.05) is 0 Å². The van der Waals surface area contributed by atoms with Gasteiger partial charge in [0.2, 0.25) is 4.77 Å². The van der Waals surface area contributed by atoms with Crippen LogP contribution in [0.4, 0.5) is 13.2 Å². The summed E-state index contributed by atoms with van der Waals surface area (Å²) in [5, 5.41) is 4.12. The van der Waals surface area contributed by atoms with Crippen LogP contribution in [0.5, 0.6) is 0 Å². The van der Waals surface area contributed by atoms with Crippen LogP contribution in [0.15, 0.2) is 23.6 Å². The molecule has 0 unspecified atom stereocenters. The normalized spacial score (nSPS) is 12.2. The molecule has 0 saturated heterocycles. The lowest BCUT2D eigenvalue weighted by atomic mass is 10.3. The predicted octanol–water partition coefficient (Wildman–Crippen LogP) is 3.53. The van der Waals surface area contributed by atoms with Gasteiger partial charge in [0.25, 0.3) is 5.78 Å². The molecule has 3 aromatic heterocycles. The van der Waals surface area contributed by atoms with Gasteiger partial charge in [-0.3, -0.25) is 5.10 Å². The van der Waals surface area contributed by atoms with E-state index < -0.39 is 11.9 Å². The summed E-state index contributed by atoms with van der Waals surface area (Å²) >= 11 is 6.05. The van der Waals surface area contributed by atoms with E-state index in [1.165, 1.54) is 11.3 Å². The largest absolute Gasteiger partial charge is 0.433 e. The number of fused-ring (bicyclic) bond motifs is 1. The van der Waals surface area contributed by atoms with Gasteiger partial charge in [-0.25, -0.2) is 9.50 Å². The molecule has 3 heterocycles. The molecular weight excluding hydrogens is 297 g/mol. The molecule has 4 nitrogen and oxygen atoms in total. The van der Waals surface area contributed by atoms with E-state index in [1.54, 1.807) is 17.5 Å². The molecule has 0 saturated carbocycles. The number of aromatic amines is 1. The van der Waals surface area contributed by atoms with Gasteiger partial charge >= 0.3 is 6.18 Å². The quantitative estimate of drug-likeness (QED) is 0.699. The van der Waals surface area contributed by atoms with Crippen LogP contribution in [0, 0.1) is 4.77 Å². The maximum atomic E-state index is 13.0. The zero-order valence-corrected chi connectivity index (χ0v) is 10.7. The van der Waals surface area contributed by atoms with Crippen molar-refractivity contribution in [3.05, 3.63) is 34.0 Å². The fraction of sp³-hybridized carbons (Fsp3) is 0.100. The van der Waals surface area contributed by atoms with E-state index in [4.69, 9.17) is 12.2 Å². The van der Waals surface area contributed by atoms with Crippen molar-refractivity contribution in [2.75, 3.05) is 0 Å². The standard InChI is InChI=1S/C10H5F3N4S2/c11-10(12,13)7-4-5(6-2-1-3-19-6)14-8-15-9(18)16-17(7)8/h1-4H,(H,16,18). The fourth-order valence-electron chi connectivity index (χ4n) is 1.65. The molecule has 3 rings (SSSR count). The molecule has 9 heteroatoms. The number of hydrogen-bond acceptors (Lipinski definition) is 4. The average Bonchev–Trinajstić information content (AvgIpc) is 2.92. The maximum absolute atomic E-state index is 13.0. The number of alkyl halides is 3. The minimum atomic E-state index is -4.52. The Balaban J connectivity index is 2.36. The van der Waals surface area contributed by atoms with Crippen molar-refractivity contribution in [2.24, 2.45) is 0 Å². The van der Waals surface area contributed by atoms with Crippen LogP contribution in [0.25, 0.3) is 16.3 Å². The van der Waals surface area contributed by atoms with Gasteiger partial charge in [-0.15, -0.1) is 11.3 Å². The molecule has 0 radical (unpaired) electrons. The fourth-order valence-corrected chi connectivity index (χ4v) is 2.51. The second kappa shape index (κ2) is 4.14. The molecular formula is C10H5F3N4S2. The van der Waals surface area contributed by atoms with Crippen LogP contribution < -0.4 is 0 Å². The van der Waals surface area contributed by atoms with E-state index in [0.29, 0.717) is 4.88 Å². The SMILES string of the molecule is FC(F)(F)c1cc(-c2cccs2)nc2nc(=S)[nH]n12. The first-order valence-corrected chi connectivity index (χ1v) is 6.35. The molecule has 0 bridgehead atoms. The Kier molecular flexibility index (Phi) is 2.68. The van der Waals surface area contributed by atoms with Gasteiger partial charge in [0, 0.05) is 0 Å². The van der Waals surface area contributed by atoms with Crippen LogP contribution in [-0.4, -0.2) is 19.6 Å². The van der Waals surface area contributed by atoms with E-state index >= 15 is 0 Å². The maximum Gasteiger partial charge on any atom is 0.433 e. The van der Waals surface area contributed by atoms with Crippen molar-refractivity contribution in [3.63, 3.8) is 0 Å². The van der Waals surface area contributed by atoms with Gasteiger partial charge in [-0.1, -0.05) is 6.07 Å². The monoisotopic (exact) mass is 302 g/mol. The second-order valence-electron chi connectivity index (χ2n) is 3.67. The molecule has 0 fully saturated rings. The number of nitrogens with zero attached hydrogens (tertiary/aromatic N) is 3. The number of H-pyrrole nitrogens is 1. The molecule has 0 amide bonds. The van der Waals surface area contributed by atoms with Crippen molar-refractivity contribution in [1.29, 1.82) is 0 Å². The summed E-state index contributed by atoms with van der Waals surface area (Å²) in [6, 6.07) is 4.42. The van der Waals surface area contributed by atoms with Crippen molar-refractivity contribution in [2.45, 2.75) is 6.18 Å². The summed E-state index contributed by atoms with van der Waals surface area (Å²) < 4.78 is 39.8. The third-order valence-corrected chi connectivity index (χ3v) is 3.48. The third kappa shape index (κ3) is 2.15. The Morgan fingerprint density at radius 2 is 2.11 bits per heavy atom. The number of nitrogens with one attached hydrogen (secondary N) is 1. The highest BCUT2D eigenvalue weighted by Crippen LogP contribution is 2.32. The first-order chi connectivity index (χ1) is 8.95. The molecule has 0 aliphatic carbocycles. The summed E-state index contributed by atoms with van der Waals surface area (Å²) in [5.41, 5.74) is -0.659. The summed E-state index contributed by atoms with van der Waals surface area (Å²) in [6.07, 6.45) is -4.52. The van der Waals surface area contributed by atoms with Gasteiger partial charge in [-0.05, 0) is 29.7 Å². The highest BCUT2D eigenvalue weighted by atomic mass is 32.1. The van der Waals surface area contributed by atoms with Gasteiger partial charge in [0.1, 0.15) is 5.69 Å². The van der Waals surface area contributed by atoms with E-state index in [2.05, 4.69) is 15.1 Å². The highest BCUT2D eigenvalue weighted by Gasteiger charge is 2.35. The molecule has 0 aliphatic rings. The molecule has 3 aromatic rings. The average molecular weight is 302 g/mol. The first kappa shape index (κ1) is 12.3. The van der Waals surface area contributed by atoms with Crippen LogP contribution in [0.1, 0.15) is 5.69 Å². The van der Waals surface area contributed by atoms with Crippen LogP contribution in [0.3, 0.4) is 0 Å². The molecule has 98 valence electrons. The molecule has 1 N–H and O–H groups in total. The Hall–Kier alpha value is -1.74. The number of aromatic nitrogens is 4. The number of halogens is 3. The van der Waals surface area contributed by atoms with Crippen LogP contribution in [-0.2, 0) is 6.18 Å². The number of hydrogen-bond donors (Lipinski definition) is 1. The van der Waals surface area contributed by atoms with Crippen molar-refractivity contribution >= 4 is 29.3 Å². The Bertz CT molecular complexity index is 785. The number of thiophene rings is 1. The van der Waals surface area contributed by atoms with E-state index in [-0.39, 0.29) is 16.2 Å². The van der Waals surface area contributed by atoms with Crippen molar-refractivity contribution in [1.82, 2.24) is 19.6 Å². The lowest BCUT2D eigenvalue weighted by molar-refractivity contribution is -0.142. The molecule has 0 aromatic carbocycles. The lowest BCUT2D eigenvalue weighted by Gasteiger charge is -2.09.